The number of hydrogen-bond donors (Lipinski definition) is 1. The van der Waals surface area contributed by atoms with Gasteiger partial charge in [-0.05, 0) is 38.6 Å². The highest BCUT2D eigenvalue weighted by Gasteiger charge is 2.26. The Morgan fingerprint density at radius 1 is 1.19 bits per heavy atom. The molecule has 1 amide bonds. The normalized spacial score (nSPS) is 14.6. The van der Waals surface area contributed by atoms with E-state index in [0.29, 0.717) is 31.0 Å². The number of piperazine rings is 1. The summed E-state index contributed by atoms with van der Waals surface area (Å²) in [7, 11) is 5.50. The number of aromatic amines is 1. The Balaban J connectivity index is 1.52. The lowest BCUT2D eigenvalue weighted by Gasteiger charge is -2.36. The molecule has 1 aliphatic rings. The van der Waals surface area contributed by atoms with E-state index in [-0.39, 0.29) is 11.8 Å². The molecule has 10 heteroatoms. The molecule has 0 bridgehead atoms. The number of anilines is 1. The molecule has 0 radical (unpaired) electrons. The SMILES string of the molecule is COc1cc(-c2[nH]c3cnc(N4CCN(C(=O)CN(C)C)CC4)c(C)c3c2C(C)C)cn2ncnc12. The van der Waals surface area contributed by atoms with Gasteiger partial charge in [-0.1, -0.05) is 13.8 Å². The van der Waals surface area contributed by atoms with Crippen molar-refractivity contribution in [2.75, 3.05) is 58.8 Å². The molecule has 36 heavy (non-hydrogen) atoms. The van der Waals surface area contributed by atoms with Crippen LogP contribution in [-0.4, -0.2) is 94.2 Å². The molecule has 4 aromatic heterocycles. The number of aryl methyl sites for hydroxylation is 1. The highest BCUT2D eigenvalue weighted by molar-refractivity contribution is 5.95. The number of methoxy groups -OCH3 is 1. The van der Waals surface area contributed by atoms with Crippen molar-refractivity contribution in [2.24, 2.45) is 0 Å². The monoisotopic (exact) mass is 490 g/mol. The zero-order valence-corrected chi connectivity index (χ0v) is 21.9. The van der Waals surface area contributed by atoms with Gasteiger partial charge in [0, 0.05) is 48.9 Å². The number of aromatic nitrogens is 5. The number of carbonyl (C=O) groups excluding carboxylic acids is 1. The summed E-state index contributed by atoms with van der Waals surface area (Å²) >= 11 is 0. The maximum atomic E-state index is 12.5. The molecular weight excluding hydrogens is 456 g/mol. The molecule has 190 valence electrons. The van der Waals surface area contributed by atoms with Crippen LogP contribution in [0.25, 0.3) is 27.8 Å². The van der Waals surface area contributed by atoms with E-state index in [1.54, 1.807) is 11.6 Å². The molecule has 0 atom stereocenters. The lowest BCUT2D eigenvalue weighted by molar-refractivity contribution is -0.132. The predicted octanol–water partition coefficient (Wildman–Crippen LogP) is 2.92. The topological polar surface area (TPSA) is 94.9 Å². The Bertz CT molecular complexity index is 1410. The molecule has 1 fully saturated rings. The fourth-order valence-electron chi connectivity index (χ4n) is 5.21. The first-order chi connectivity index (χ1) is 17.3. The average molecular weight is 491 g/mol. The Morgan fingerprint density at radius 3 is 2.61 bits per heavy atom. The number of nitrogens with one attached hydrogen (secondary N) is 1. The summed E-state index contributed by atoms with van der Waals surface area (Å²) in [5.74, 6) is 2.12. The van der Waals surface area contributed by atoms with Crippen molar-refractivity contribution in [1.29, 1.82) is 0 Å². The van der Waals surface area contributed by atoms with Crippen LogP contribution in [0.5, 0.6) is 5.75 Å². The molecule has 0 unspecified atom stereocenters. The van der Waals surface area contributed by atoms with Crippen LogP contribution >= 0.6 is 0 Å². The van der Waals surface area contributed by atoms with E-state index in [0.717, 1.165) is 41.2 Å². The van der Waals surface area contributed by atoms with Crippen LogP contribution in [0, 0.1) is 6.92 Å². The van der Waals surface area contributed by atoms with E-state index in [9.17, 15) is 4.79 Å². The van der Waals surface area contributed by atoms with Crippen LogP contribution in [0.1, 0.15) is 30.9 Å². The lowest BCUT2D eigenvalue weighted by atomic mass is 9.95. The fourth-order valence-corrected chi connectivity index (χ4v) is 5.21. The first-order valence-electron chi connectivity index (χ1n) is 12.3. The number of fused-ring (bicyclic) bond motifs is 2. The fraction of sp³-hybridized carbons (Fsp3) is 0.462. The maximum Gasteiger partial charge on any atom is 0.236 e. The van der Waals surface area contributed by atoms with Gasteiger partial charge in [-0.2, -0.15) is 5.10 Å². The number of nitrogens with zero attached hydrogens (tertiary/aromatic N) is 7. The molecule has 0 aromatic carbocycles. The van der Waals surface area contributed by atoms with E-state index in [1.165, 1.54) is 17.3 Å². The molecule has 1 N–H and O–H groups in total. The summed E-state index contributed by atoms with van der Waals surface area (Å²) in [4.78, 5) is 31.5. The first-order valence-corrected chi connectivity index (χ1v) is 12.3. The standard InChI is InChI=1S/C26H34N8O2/c1-16(2)22-23-17(3)25(33-9-7-32(8-10-33)21(35)14-31(4)5)27-12-19(23)30-24(22)18-11-20(36-6)26-28-15-29-34(26)13-18/h11-13,15-16,30H,7-10,14H2,1-6H3. The number of H-pyrrole nitrogens is 1. The highest BCUT2D eigenvalue weighted by Crippen LogP contribution is 2.40. The maximum absolute atomic E-state index is 12.5. The minimum absolute atomic E-state index is 0.178. The first kappa shape index (κ1) is 24.1. The molecule has 4 aromatic rings. The van der Waals surface area contributed by atoms with E-state index < -0.39 is 0 Å². The van der Waals surface area contributed by atoms with Crippen molar-refractivity contribution in [1.82, 2.24) is 34.4 Å². The Morgan fingerprint density at radius 2 is 1.94 bits per heavy atom. The molecular formula is C26H34N8O2. The molecule has 1 aliphatic heterocycles. The van der Waals surface area contributed by atoms with E-state index in [2.05, 4.69) is 40.7 Å². The number of carbonyl (C=O) groups is 1. The number of pyridine rings is 2. The van der Waals surface area contributed by atoms with Gasteiger partial charge in [-0.3, -0.25) is 4.79 Å². The van der Waals surface area contributed by atoms with Crippen LogP contribution in [0.4, 0.5) is 5.82 Å². The van der Waals surface area contributed by atoms with Gasteiger partial charge in [0.05, 0.1) is 31.1 Å². The van der Waals surface area contributed by atoms with Crippen molar-refractivity contribution >= 4 is 28.3 Å². The van der Waals surface area contributed by atoms with Crippen LogP contribution < -0.4 is 9.64 Å². The third-order valence-corrected chi connectivity index (χ3v) is 6.90. The Hall–Kier alpha value is -3.66. The highest BCUT2D eigenvalue weighted by atomic mass is 16.5. The second kappa shape index (κ2) is 9.42. The van der Waals surface area contributed by atoms with Crippen LogP contribution in [-0.2, 0) is 4.79 Å². The van der Waals surface area contributed by atoms with Crippen LogP contribution in [0.15, 0.2) is 24.8 Å². The van der Waals surface area contributed by atoms with Crippen molar-refractivity contribution in [2.45, 2.75) is 26.7 Å². The summed E-state index contributed by atoms with van der Waals surface area (Å²) in [5.41, 5.74) is 6.11. The Labute approximate surface area is 210 Å². The van der Waals surface area contributed by atoms with Gasteiger partial charge in [0.1, 0.15) is 12.1 Å². The molecule has 5 rings (SSSR count). The molecule has 5 heterocycles. The van der Waals surface area contributed by atoms with Gasteiger partial charge < -0.3 is 24.4 Å². The quantitative estimate of drug-likeness (QED) is 0.444. The number of amides is 1. The smallest absolute Gasteiger partial charge is 0.236 e. The summed E-state index contributed by atoms with van der Waals surface area (Å²) in [6, 6.07) is 2.01. The molecule has 0 saturated carbocycles. The summed E-state index contributed by atoms with van der Waals surface area (Å²) in [5, 5.41) is 5.53. The van der Waals surface area contributed by atoms with Gasteiger partial charge in [-0.25, -0.2) is 14.5 Å². The molecule has 0 spiro atoms. The number of likely N-dealkylation sites (N-methyl/N-ethyl adjacent to an activating group) is 1. The number of ether oxygens (including phenoxy) is 1. The van der Waals surface area contributed by atoms with Crippen LogP contribution in [0.2, 0.25) is 0 Å². The summed E-state index contributed by atoms with van der Waals surface area (Å²) in [6.07, 6.45) is 5.45. The largest absolute Gasteiger partial charge is 0.493 e. The second-order valence-corrected chi connectivity index (χ2v) is 9.99. The van der Waals surface area contributed by atoms with Crippen LogP contribution in [0.3, 0.4) is 0 Å². The van der Waals surface area contributed by atoms with Gasteiger partial charge in [0.25, 0.3) is 0 Å². The van der Waals surface area contributed by atoms with Gasteiger partial charge >= 0.3 is 0 Å². The van der Waals surface area contributed by atoms with Crippen molar-refractivity contribution < 1.29 is 9.53 Å². The molecule has 10 nitrogen and oxygen atoms in total. The average Bonchev–Trinajstić information content (AvgIpc) is 3.48. The Kier molecular flexibility index (Phi) is 6.29. The third kappa shape index (κ3) is 4.15. The number of hydrogen-bond acceptors (Lipinski definition) is 7. The predicted molar refractivity (Wildman–Crippen MR) is 141 cm³/mol. The summed E-state index contributed by atoms with van der Waals surface area (Å²) in [6.45, 7) is 9.98. The lowest BCUT2D eigenvalue weighted by Crippen LogP contribution is -2.51. The van der Waals surface area contributed by atoms with E-state index >= 15 is 0 Å². The van der Waals surface area contributed by atoms with Crippen molar-refractivity contribution in [3.05, 3.63) is 35.9 Å². The van der Waals surface area contributed by atoms with E-state index in [1.807, 2.05) is 42.4 Å². The minimum Gasteiger partial charge on any atom is -0.493 e. The van der Waals surface area contributed by atoms with Gasteiger partial charge in [0.2, 0.25) is 5.91 Å². The van der Waals surface area contributed by atoms with E-state index in [4.69, 9.17) is 9.72 Å². The molecule has 0 aliphatic carbocycles. The van der Waals surface area contributed by atoms with Crippen molar-refractivity contribution in [3.8, 4) is 17.0 Å². The zero-order chi connectivity index (χ0) is 25.6. The summed E-state index contributed by atoms with van der Waals surface area (Å²) < 4.78 is 7.35. The van der Waals surface area contributed by atoms with Gasteiger partial charge in [-0.15, -0.1) is 0 Å². The molecule has 1 saturated heterocycles. The van der Waals surface area contributed by atoms with Crippen molar-refractivity contribution in [3.63, 3.8) is 0 Å². The third-order valence-electron chi connectivity index (χ3n) is 6.90. The van der Waals surface area contributed by atoms with Gasteiger partial charge in [0.15, 0.2) is 11.4 Å². The zero-order valence-electron chi connectivity index (χ0n) is 21.9. The number of rotatable bonds is 6. The second-order valence-electron chi connectivity index (χ2n) is 9.99. The minimum atomic E-state index is 0.178.